The van der Waals surface area contributed by atoms with E-state index in [0.29, 0.717) is 19.6 Å². The summed E-state index contributed by atoms with van der Waals surface area (Å²) in [4.78, 5) is 26.1. The summed E-state index contributed by atoms with van der Waals surface area (Å²) in [5.41, 5.74) is 5.95. The Bertz CT molecular complexity index is 606. The number of rotatable bonds is 6. The molecule has 1 fully saturated rings. The summed E-state index contributed by atoms with van der Waals surface area (Å²) in [6.45, 7) is 3.91. The minimum atomic E-state index is -0.581. The van der Waals surface area contributed by atoms with E-state index in [2.05, 4.69) is 6.92 Å². The van der Waals surface area contributed by atoms with Crippen molar-refractivity contribution in [2.24, 2.45) is 11.1 Å². The predicted octanol–water partition coefficient (Wildman–Crippen LogP) is 1.99. The first-order chi connectivity index (χ1) is 10.9. The lowest BCUT2D eigenvalue weighted by Crippen LogP contribution is -2.34. The first-order valence-corrected chi connectivity index (χ1v) is 7.73. The van der Waals surface area contributed by atoms with Crippen molar-refractivity contribution in [3.63, 3.8) is 0 Å². The molecule has 1 aliphatic heterocycles. The van der Waals surface area contributed by atoms with Crippen LogP contribution in [0.1, 0.15) is 36.5 Å². The number of hydrogen-bond donors (Lipinski definition) is 1. The molecule has 1 amide bonds. The molecule has 1 aliphatic rings. The van der Waals surface area contributed by atoms with Crippen LogP contribution in [0.2, 0.25) is 0 Å². The zero-order valence-electron chi connectivity index (χ0n) is 13.6. The molecule has 0 saturated carbocycles. The normalized spacial score (nSPS) is 20.6. The summed E-state index contributed by atoms with van der Waals surface area (Å²) in [5.74, 6) is -0.788. The van der Waals surface area contributed by atoms with Gasteiger partial charge in [0, 0.05) is 31.5 Å². The molecule has 126 valence electrons. The van der Waals surface area contributed by atoms with Crippen molar-refractivity contribution < 1.29 is 18.7 Å². The fourth-order valence-electron chi connectivity index (χ4n) is 2.77. The van der Waals surface area contributed by atoms with Crippen LogP contribution in [0.15, 0.2) is 18.2 Å². The first-order valence-electron chi connectivity index (χ1n) is 7.73. The van der Waals surface area contributed by atoms with Crippen molar-refractivity contribution in [2.45, 2.75) is 26.2 Å². The van der Waals surface area contributed by atoms with E-state index in [-0.39, 0.29) is 41.3 Å². The van der Waals surface area contributed by atoms with Crippen molar-refractivity contribution in [1.29, 1.82) is 0 Å². The number of nitrogens with two attached hydrogens (primary N) is 1. The Morgan fingerprint density at radius 3 is 2.70 bits per heavy atom. The molecule has 0 aromatic heterocycles. The van der Waals surface area contributed by atoms with Gasteiger partial charge in [-0.1, -0.05) is 6.92 Å². The zero-order chi connectivity index (χ0) is 17.0. The van der Waals surface area contributed by atoms with Crippen LogP contribution in [0.5, 0.6) is 5.75 Å². The maximum atomic E-state index is 13.6. The number of methoxy groups -OCH3 is 1. The van der Waals surface area contributed by atoms with E-state index in [1.807, 2.05) is 0 Å². The lowest BCUT2D eigenvalue weighted by atomic mass is 9.90. The number of hydrogen-bond acceptors (Lipinski definition) is 4. The van der Waals surface area contributed by atoms with Crippen molar-refractivity contribution >= 4 is 11.7 Å². The highest BCUT2D eigenvalue weighted by Crippen LogP contribution is 2.29. The lowest BCUT2D eigenvalue weighted by molar-refractivity contribution is -0.130. The van der Waals surface area contributed by atoms with Crippen LogP contribution in [-0.4, -0.2) is 43.3 Å². The largest absolute Gasteiger partial charge is 0.494 e. The zero-order valence-corrected chi connectivity index (χ0v) is 13.6. The van der Waals surface area contributed by atoms with Crippen LogP contribution in [0.4, 0.5) is 4.39 Å². The molecule has 2 rings (SSSR count). The van der Waals surface area contributed by atoms with Crippen LogP contribution in [-0.2, 0) is 4.79 Å². The molecule has 1 heterocycles. The molecule has 1 unspecified atom stereocenters. The van der Waals surface area contributed by atoms with Crippen LogP contribution in [0.3, 0.4) is 0 Å². The number of ketones is 1. The summed E-state index contributed by atoms with van der Waals surface area (Å²) in [6, 6.07) is 4.07. The summed E-state index contributed by atoms with van der Waals surface area (Å²) < 4.78 is 18.4. The van der Waals surface area contributed by atoms with E-state index in [9.17, 15) is 14.0 Å². The van der Waals surface area contributed by atoms with Gasteiger partial charge in [0.2, 0.25) is 5.91 Å². The van der Waals surface area contributed by atoms with E-state index in [1.165, 1.54) is 19.2 Å². The maximum Gasteiger partial charge on any atom is 0.223 e. The van der Waals surface area contributed by atoms with Gasteiger partial charge < -0.3 is 15.4 Å². The molecule has 5 nitrogen and oxygen atoms in total. The Labute approximate surface area is 135 Å². The molecule has 2 N–H and O–H groups in total. The number of amides is 1. The smallest absolute Gasteiger partial charge is 0.223 e. The van der Waals surface area contributed by atoms with Crippen LogP contribution < -0.4 is 10.5 Å². The van der Waals surface area contributed by atoms with Crippen LogP contribution >= 0.6 is 0 Å². The molecule has 23 heavy (non-hydrogen) atoms. The first kappa shape index (κ1) is 17.4. The number of carbonyl (C=O) groups excluding carboxylic acids is 2. The van der Waals surface area contributed by atoms with Gasteiger partial charge in [0.15, 0.2) is 17.3 Å². The fraction of sp³-hybridized carbons (Fsp3) is 0.529. The van der Waals surface area contributed by atoms with Crippen molar-refractivity contribution in [1.82, 2.24) is 4.90 Å². The van der Waals surface area contributed by atoms with Gasteiger partial charge in [0.1, 0.15) is 0 Å². The highest BCUT2D eigenvalue weighted by Gasteiger charge is 2.34. The van der Waals surface area contributed by atoms with Crippen LogP contribution in [0, 0.1) is 11.2 Å². The number of ether oxygens (including phenoxy) is 1. The third-order valence-electron chi connectivity index (χ3n) is 4.44. The molecule has 6 heteroatoms. The summed E-state index contributed by atoms with van der Waals surface area (Å²) >= 11 is 0. The number of benzene rings is 1. The van der Waals surface area contributed by atoms with Gasteiger partial charge in [-0.05, 0) is 36.6 Å². The standard InChI is InChI=1S/C17H23FN2O3/c1-17(10-19)7-8-20(11-17)16(22)6-4-14(21)12-3-5-15(23-2)13(18)9-12/h3,5,9H,4,6-8,10-11,19H2,1-2H3. The Balaban J connectivity index is 1.89. The predicted molar refractivity (Wildman–Crippen MR) is 84.9 cm³/mol. The van der Waals surface area contributed by atoms with E-state index in [0.717, 1.165) is 12.5 Å². The lowest BCUT2D eigenvalue weighted by Gasteiger charge is -2.22. The highest BCUT2D eigenvalue weighted by molar-refractivity contribution is 5.98. The SMILES string of the molecule is COc1ccc(C(=O)CCC(=O)N2CCC(C)(CN)C2)cc1F. The topological polar surface area (TPSA) is 72.6 Å². The summed E-state index contributed by atoms with van der Waals surface area (Å²) in [7, 11) is 1.36. The summed E-state index contributed by atoms with van der Waals surface area (Å²) in [5, 5.41) is 0. The highest BCUT2D eigenvalue weighted by atomic mass is 19.1. The Hall–Kier alpha value is -1.95. The number of Topliss-reactive ketones (excluding diaryl/α,β-unsaturated/α-hetero) is 1. The molecule has 1 aromatic rings. The van der Waals surface area contributed by atoms with Gasteiger partial charge in [0.05, 0.1) is 7.11 Å². The molecule has 0 bridgehead atoms. The van der Waals surface area contributed by atoms with Crippen LogP contribution in [0.25, 0.3) is 0 Å². The number of carbonyl (C=O) groups is 2. The second kappa shape index (κ2) is 7.08. The Kier molecular flexibility index (Phi) is 5.36. The minimum Gasteiger partial charge on any atom is -0.494 e. The van der Waals surface area contributed by atoms with Crippen molar-refractivity contribution in [2.75, 3.05) is 26.7 Å². The Morgan fingerprint density at radius 1 is 1.39 bits per heavy atom. The second-order valence-corrected chi connectivity index (χ2v) is 6.35. The van der Waals surface area contributed by atoms with E-state index in [4.69, 9.17) is 10.5 Å². The molecule has 1 saturated heterocycles. The fourth-order valence-corrected chi connectivity index (χ4v) is 2.77. The number of nitrogens with zero attached hydrogens (tertiary/aromatic N) is 1. The second-order valence-electron chi connectivity index (χ2n) is 6.35. The van der Waals surface area contributed by atoms with Gasteiger partial charge in [-0.3, -0.25) is 9.59 Å². The van der Waals surface area contributed by atoms with Gasteiger partial charge in [0.25, 0.3) is 0 Å². The Morgan fingerprint density at radius 2 is 2.13 bits per heavy atom. The molecule has 0 radical (unpaired) electrons. The van der Waals surface area contributed by atoms with E-state index >= 15 is 0 Å². The van der Waals surface area contributed by atoms with Gasteiger partial charge in [-0.15, -0.1) is 0 Å². The maximum absolute atomic E-state index is 13.6. The molecule has 1 atom stereocenters. The third-order valence-corrected chi connectivity index (χ3v) is 4.44. The quantitative estimate of drug-likeness (QED) is 0.813. The van der Waals surface area contributed by atoms with Crippen molar-refractivity contribution in [3.8, 4) is 5.75 Å². The van der Waals surface area contributed by atoms with E-state index in [1.54, 1.807) is 4.90 Å². The monoisotopic (exact) mass is 322 g/mol. The average Bonchev–Trinajstić information content (AvgIpc) is 2.95. The minimum absolute atomic E-state index is 0.0290. The molecule has 1 aromatic carbocycles. The van der Waals surface area contributed by atoms with Gasteiger partial charge in [-0.25, -0.2) is 4.39 Å². The molecular weight excluding hydrogens is 299 g/mol. The summed E-state index contributed by atoms with van der Waals surface area (Å²) in [6.07, 6.45) is 1.08. The van der Waals surface area contributed by atoms with Gasteiger partial charge >= 0.3 is 0 Å². The molecule has 0 aliphatic carbocycles. The number of likely N-dealkylation sites (tertiary alicyclic amines) is 1. The third kappa shape index (κ3) is 4.07. The van der Waals surface area contributed by atoms with E-state index < -0.39 is 5.82 Å². The van der Waals surface area contributed by atoms with Crippen molar-refractivity contribution in [3.05, 3.63) is 29.6 Å². The van der Waals surface area contributed by atoms with Gasteiger partial charge in [-0.2, -0.15) is 0 Å². The number of halogens is 1. The molecule has 0 spiro atoms. The molecular formula is C17H23FN2O3. The average molecular weight is 322 g/mol.